The Labute approximate surface area is 131 Å². The molecule has 0 amide bonds. The summed E-state index contributed by atoms with van der Waals surface area (Å²) in [4.78, 5) is 4.30. The van der Waals surface area contributed by atoms with Gasteiger partial charge in [0, 0.05) is 15.6 Å². The molecule has 0 spiro atoms. The molecule has 3 rings (SSSR count). The number of oxazole rings is 1. The number of hydrogen-bond donors (Lipinski definition) is 0. The molecule has 102 valence electrons. The predicted molar refractivity (Wildman–Crippen MR) is 84.0 cm³/mol. The van der Waals surface area contributed by atoms with Gasteiger partial charge < -0.3 is 4.42 Å². The largest absolute Gasteiger partial charge is 0.435 e. The van der Waals surface area contributed by atoms with E-state index in [0.29, 0.717) is 26.7 Å². The normalized spacial score (nSPS) is 11.6. The van der Waals surface area contributed by atoms with Gasteiger partial charge >= 0.3 is 0 Å². The van der Waals surface area contributed by atoms with Crippen LogP contribution in [0, 0.1) is 11.3 Å². The van der Waals surface area contributed by atoms with Gasteiger partial charge in [0.25, 0.3) is 0 Å². The monoisotopic (exact) mass is 314 g/mol. The van der Waals surface area contributed by atoms with Gasteiger partial charge in [-0.3, -0.25) is 0 Å². The van der Waals surface area contributed by atoms with Crippen LogP contribution in [0.2, 0.25) is 10.0 Å². The smallest absolute Gasteiger partial charge is 0.238 e. The SMILES string of the molecule is N#C/C(=C\c1c(Cl)cccc1Cl)c1nc2ccccc2o1. The van der Waals surface area contributed by atoms with Crippen molar-refractivity contribution >= 4 is 46.0 Å². The van der Waals surface area contributed by atoms with Gasteiger partial charge in [0.05, 0.1) is 0 Å². The Bertz CT molecular complexity index is 837. The summed E-state index contributed by atoms with van der Waals surface area (Å²) in [6.07, 6.45) is 1.58. The predicted octanol–water partition coefficient (Wildman–Crippen LogP) is 5.20. The summed E-state index contributed by atoms with van der Waals surface area (Å²) in [5, 5.41) is 10.3. The molecule has 0 N–H and O–H groups in total. The number of nitriles is 1. The van der Waals surface area contributed by atoms with Crippen molar-refractivity contribution in [2.75, 3.05) is 0 Å². The van der Waals surface area contributed by atoms with E-state index in [1.807, 2.05) is 18.2 Å². The van der Waals surface area contributed by atoms with E-state index >= 15 is 0 Å². The topological polar surface area (TPSA) is 49.8 Å². The second kappa shape index (κ2) is 5.61. The first kappa shape index (κ1) is 13.7. The Morgan fingerprint density at radius 3 is 2.48 bits per heavy atom. The van der Waals surface area contributed by atoms with Crippen molar-refractivity contribution in [3.63, 3.8) is 0 Å². The van der Waals surface area contributed by atoms with Crippen LogP contribution in [0.25, 0.3) is 22.7 Å². The number of nitrogens with zero attached hydrogens (tertiary/aromatic N) is 2. The Morgan fingerprint density at radius 2 is 1.81 bits per heavy atom. The maximum atomic E-state index is 9.34. The van der Waals surface area contributed by atoms with Crippen molar-refractivity contribution in [3.05, 3.63) is 64.0 Å². The first-order valence-corrected chi connectivity index (χ1v) is 6.86. The molecule has 3 aromatic rings. The van der Waals surface area contributed by atoms with Crippen LogP contribution < -0.4 is 0 Å². The van der Waals surface area contributed by atoms with Crippen LogP contribution in [-0.4, -0.2) is 4.98 Å². The van der Waals surface area contributed by atoms with Crippen LogP contribution in [-0.2, 0) is 0 Å². The van der Waals surface area contributed by atoms with E-state index in [1.54, 1.807) is 30.3 Å². The molecule has 0 fully saturated rings. The summed E-state index contributed by atoms with van der Waals surface area (Å²) < 4.78 is 5.58. The second-order valence-corrected chi connectivity index (χ2v) is 5.11. The maximum absolute atomic E-state index is 9.34. The van der Waals surface area contributed by atoms with Crippen molar-refractivity contribution in [1.82, 2.24) is 4.98 Å². The number of hydrogen-bond acceptors (Lipinski definition) is 3. The quantitative estimate of drug-likeness (QED) is 0.611. The highest BCUT2D eigenvalue weighted by molar-refractivity contribution is 6.37. The molecule has 0 unspecified atom stereocenters. The van der Waals surface area contributed by atoms with E-state index in [2.05, 4.69) is 11.1 Å². The van der Waals surface area contributed by atoms with E-state index < -0.39 is 0 Å². The van der Waals surface area contributed by atoms with Gasteiger partial charge in [0.2, 0.25) is 5.89 Å². The minimum Gasteiger partial charge on any atom is -0.435 e. The van der Waals surface area contributed by atoms with E-state index in [9.17, 15) is 5.26 Å². The van der Waals surface area contributed by atoms with E-state index in [1.165, 1.54) is 0 Å². The number of aromatic nitrogens is 1. The zero-order valence-electron chi connectivity index (χ0n) is 10.7. The van der Waals surface area contributed by atoms with E-state index in [0.717, 1.165) is 0 Å². The third-order valence-electron chi connectivity index (χ3n) is 2.93. The summed E-state index contributed by atoms with van der Waals surface area (Å²) in [6.45, 7) is 0. The van der Waals surface area contributed by atoms with Crippen molar-refractivity contribution in [1.29, 1.82) is 5.26 Å². The van der Waals surface area contributed by atoms with Gasteiger partial charge in [-0.15, -0.1) is 0 Å². The zero-order valence-corrected chi connectivity index (χ0v) is 12.2. The van der Waals surface area contributed by atoms with Crippen molar-refractivity contribution in [2.45, 2.75) is 0 Å². The molecule has 3 nitrogen and oxygen atoms in total. The fourth-order valence-corrected chi connectivity index (χ4v) is 2.43. The van der Waals surface area contributed by atoms with Crippen molar-refractivity contribution in [3.8, 4) is 6.07 Å². The molecular weight excluding hydrogens is 307 g/mol. The van der Waals surface area contributed by atoms with Gasteiger partial charge in [-0.2, -0.15) is 5.26 Å². The van der Waals surface area contributed by atoms with Crippen LogP contribution in [0.1, 0.15) is 11.5 Å². The lowest BCUT2D eigenvalue weighted by Crippen LogP contribution is -1.84. The Kier molecular flexibility index (Phi) is 3.66. The highest BCUT2D eigenvalue weighted by Crippen LogP contribution is 2.29. The lowest BCUT2D eigenvalue weighted by molar-refractivity contribution is 0.586. The summed E-state index contributed by atoms with van der Waals surface area (Å²) in [5.74, 6) is 0.245. The molecule has 21 heavy (non-hydrogen) atoms. The standard InChI is InChI=1S/C16H8Cl2N2O/c17-12-4-3-5-13(18)11(12)8-10(9-19)16-20-14-6-1-2-7-15(14)21-16/h1-8H/b10-8+. The minimum absolute atomic E-state index is 0.245. The number of halogens is 2. The third-order valence-corrected chi connectivity index (χ3v) is 3.59. The molecular formula is C16H8Cl2N2O. The number of allylic oxidation sites excluding steroid dienone is 1. The van der Waals surface area contributed by atoms with Gasteiger partial charge in [-0.05, 0) is 30.3 Å². The molecule has 0 radical (unpaired) electrons. The van der Waals surface area contributed by atoms with E-state index in [4.69, 9.17) is 27.6 Å². The fourth-order valence-electron chi connectivity index (χ4n) is 1.92. The second-order valence-electron chi connectivity index (χ2n) is 4.29. The maximum Gasteiger partial charge on any atom is 0.238 e. The van der Waals surface area contributed by atoms with Gasteiger partial charge in [-0.1, -0.05) is 41.4 Å². The van der Waals surface area contributed by atoms with E-state index in [-0.39, 0.29) is 11.5 Å². The molecule has 1 aromatic heterocycles. The molecule has 1 heterocycles. The van der Waals surface area contributed by atoms with Gasteiger partial charge in [0.1, 0.15) is 17.2 Å². The minimum atomic E-state index is 0.245. The van der Waals surface area contributed by atoms with Gasteiger partial charge in [0.15, 0.2) is 5.58 Å². The highest BCUT2D eigenvalue weighted by Gasteiger charge is 2.12. The molecule has 0 aliphatic carbocycles. The summed E-state index contributed by atoms with van der Waals surface area (Å²) in [5.41, 5.74) is 2.15. The fraction of sp³-hybridized carbons (Fsp3) is 0. The lowest BCUT2D eigenvalue weighted by Gasteiger charge is -2.01. The Balaban J connectivity index is 2.14. The van der Waals surface area contributed by atoms with Gasteiger partial charge in [-0.25, -0.2) is 4.98 Å². The molecule has 5 heteroatoms. The first-order chi connectivity index (χ1) is 10.2. The first-order valence-electron chi connectivity index (χ1n) is 6.11. The Morgan fingerprint density at radius 1 is 1.10 bits per heavy atom. The summed E-state index contributed by atoms with van der Waals surface area (Å²) in [6, 6.07) is 14.5. The molecule has 0 aliphatic rings. The Hall–Kier alpha value is -2.28. The highest BCUT2D eigenvalue weighted by atomic mass is 35.5. The molecule has 0 bridgehead atoms. The number of benzene rings is 2. The van der Waals surface area contributed by atoms with Crippen molar-refractivity contribution in [2.24, 2.45) is 0 Å². The number of para-hydroxylation sites is 2. The average molecular weight is 315 g/mol. The number of rotatable bonds is 2. The van der Waals surface area contributed by atoms with Crippen LogP contribution >= 0.6 is 23.2 Å². The molecule has 2 aromatic carbocycles. The zero-order chi connectivity index (χ0) is 14.8. The summed E-state index contributed by atoms with van der Waals surface area (Å²) in [7, 11) is 0. The molecule has 0 atom stereocenters. The van der Waals surface area contributed by atoms with Crippen molar-refractivity contribution < 1.29 is 4.42 Å². The lowest BCUT2D eigenvalue weighted by atomic mass is 10.1. The van der Waals surface area contributed by atoms with Crippen LogP contribution in [0.4, 0.5) is 0 Å². The number of fused-ring (bicyclic) bond motifs is 1. The summed E-state index contributed by atoms with van der Waals surface area (Å²) >= 11 is 12.2. The van der Waals surface area contributed by atoms with Crippen LogP contribution in [0.15, 0.2) is 46.9 Å². The molecule has 0 saturated heterocycles. The third kappa shape index (κ3) is 2.64. The van der Waals surface area contributed by atoms with Crippen LogP contribution in [0.5, 0.6) is 0 Å². The van der Waals surface area contributed by atoms with Crippen LogP contribution in [0.3, 0.4) is 0 Å². The average Bonchev–Trinajstić information content (AvgIpc) is 2.90. The molecule has 0 aliphatic heterocycles. The molecule has 0 saturated carbocycles.